The molecule has 0 fully saturated rings. The summed E-state index contributed by atoms with van der Waals surface area (Å²) in [6.07, 6.45) is 1.06. The first-order chi connectivity index (χ1) is 7.74. The van der Waals surface area contributed by atoms with Crippen molar-refractivity contribution in [2.75, 3.05) is 25.1 Å². The zero-order chi connectivity index (χ0) is 11.8. The molecular weight excluding hydrogens is 198 g/mol. The van der Waals surface area contributed by atoms with E-state index in [4.69, 9.17) is 4.74 Å². The van der Waals surface area contributed by atoms with Crippen molar-refractivity contribution < 1.29 is 4.74 Å². The van der Waals surface area contributed by atoms with Crippen molar-refractivity contribution in [3.8, 4) is 0 Å². The van der Waals surface area contributed by atoms with Crippen LogP contribution in [0.3, 0.4) is 0 Å². The second kappa shape index (κ2) is 7.29. The van der Waals surface area contributed by atoms with Crippen LogP contribution in [-0.4, -0.2) is 19.8 Å². The van der Waals surface area contributed by atoms with Gasteiger partial charge in [0.05, 0.1) is 0 Å². The van der Waals surface area contributed by atoms with Gasteiger partial charge in [0.15, 0.2) is 0 Å². The van der Waals surface area contributed by atoms with Crippen LogP contribution in [0.15, 0.2) is 24.3 Å². The van der Waals surface area contributed by atoms with E-state index < -0.39 is 0 Å². The van der Waals surface area contributed by atoms with Gasteiger partial charge in [0, 0.05) is 25.4 Å². The summed E-state index contributed by atoms with van der Waals surface area (Å²) in [5, 5.41) is 3.42. The predicted molar refractivity (Wildman–Crippen MR) is 70.1 cm³/mol. The summed E-state index contributed by atoms with van der Waals surface area (Å²) >= 11 is 0. The Morgan fingerprint density at radius 1 is 1.31 bits per heavy atom. The summed E-state index contributed by atoms with van der Waals surface area (Å²) in [5.41, 5.74) is 2.59. The Bertz CT molecular complexity index is 297. The van der Waals surface area contributed by atoms with Crippen LogP contribution in [0.25, 0.3) is 0 Å². The van der Waals surface area contributed by atoms with Gasteiger partial charge in [-0.15, -0.1) is 0 Å². The molecule has 0 unspecified atom stereocenters. The van der Waals surface area contributed by atoms with Gasteiger partial charge in [-0.3, -0.25) is 0 Å². The highest BCUT2D eigenvalue weighted by atomic mass is 16.5. The molecule has 0 radical (unpaired) electrons. The molecule has 0 aliphatic carbocycles. The Morgan fingerprint density at radius 3 is 2.81 bits per heavy atom. The average molecular weight is 221 g/mol. The number of ether oxygens (including phenoxy) is 1. The molecule has 1 aromatic rings. The number of benzene rings is 1. The Morgan fingerprint density at radius 2 is 2.12 bits per heavy atom. The third kappa shape index (κ3) is 4.67. The van der Waals surface area contributed by atoms with Gasteiger partial charge < -0.3 is 10.1 Å². The molecule has 1 rings (SSSR count). The van der Waals surface area contributed by atoms with Crippen LogP contribution in [0.1, 0.15) is 38.7 Å². The van der Waals surface area contributed by atoms with Gasteiger partial charge in [-0.05, 0) is 37.0 Å². The van der Waals surface area contributed by atoms with Crippen molar-refractivity contribution in [2.45, 2.75) is 33.1 Å². The summed E-state index contributed by atoms with van der Waals surface area (Å²) in [6, 6.07) is 8.63. The van der Waals surface area contributed by atoms with Crippen LogP contribution in [0, 0.1) is 0 Å². The molecule has 0 bridgehead atoms. The maximum Gasteiger partial charge on any atom is 0.0482 e. The lowest BCUT2D eigenvalue weighted by atomic mass is 10.0. The summed E-state index contributed by atoms with van der Waals surface area (Å²) in [6.45, 7) is 9.08. The Hall–Kier alpha value is -1.02. The van der Waals surface area contributed by atoms with E-state index >= 15 is 0 Å². The van der Waals surface area contributed by atoms with E-state index in [0.29, 0.717) is 5.92 Å². The summed E-state index contributed by atoms with van der Waals surface area (Å²) in [7, 11) is 0. The van der Waals surface area contributed by atoms with E-state index in [9.17, 15) is 0 Å². The third-order valence-corrected chi connectivity index (χ3v) is 2.55. The van der Waals surface area contributed by atoms with Crippen molar-refractivity contribution in [1.29, 1.82) is 0 Å². The van der Waals surface area contributed by atoms with E-state index in [1.165, 1.54) is 11.3 Å². The van der Waals surface area contributed by atoms with E-state index in [1.807, 2.05) is 6.92 Å². The quantitative estimate of drug-likeness (QED) is 0.710. The fourth-order valence-corrected chi connectivity index (χ4v) is 1.56. The van der Waals surface area contributed by atoms with Gasteiger partial charge >= 0.3 is 0 Å². The van der Waals surface area contributed by atoms with Gasteiger partial charge in [0.1, 0.15) is 0 Å². The predicted octanol–water partition coefficient (Wildman–Crippen LogP) is 3.65. The molecule has 0 aromatic heterocycles. The molecule has 2 nitrogen and oxygen atoms in total. The molecule has 0 aliphatic rings. The zero-order valence-corrected chi connectivity index (χ0v) is 10.6. The van der Waals surface area contributed by atoms with Crippen LogP contribution in [0.5, 0.6) is 0 Å². The van der Waals surface area contributed by atoms with Gasteiger partial charge in [0.2, 0.25) is 0 Å². The fourth-order valence-electron chi connectivity index (χ4n) is 1.56. The number of hydrogen-bond acceptors (Lipinski definition) is 2. The molecule has 0 spiro atoms. The second-order valence-electron chi connectivity index (χ2n) is 4.26. The number of anilines is 1. The van der Waals surface area contributed by atoms with Crippen molar-refractivity contribution in [2.24, 2.45) is 0 Å². The minimum atomic E-state index is 0.588. The standard InChI is InChI=1S/C14H23NO/c1-4-16-10-6-9-15-14-8-5-7-13(11-14)12(2)3/h5,7-8,11-12,15H,4,6,9-10H2,1-3H3. The van der Waals surface area contributed by atoms with Crippen LogP contribution in [0.2, 0.25) is 0 Å². The molecule has 90 valence electrons. The first kappa shape index (κ1) is 13.0. The van der Waals surface area contributed by atoms with Crippen LogP contribution < -0.4 is 5.32 Å². The lowest BCUT2D eigenvalue weighted by molar-refractivity contribution is 0.147. The Balaban J connectivity index is 2.33. The Kier molecular flexibility index (Phi) is 5.94. The molecule has 1 aromatic carbocycles. The Labute approximate surface area is 99.0 Å². The van der Waals surface area contributed by atoms with Gasteiger partial charge in [-0.2, -0.15) is 0 Å². The average Bonchev–Trinajstić information content (AvgIpc) is 2.29. The molecule has 1 N–H and O–H groups in total. The molecule has 0 atom stereocenters. The van der Waals surface area contributed by atoms with Crippen LogP contribution in [0.4, 0.5) is 5.69 Å². The van der Waals surface area contributed by atoms with Crippen LogP contribution >= 0.6 is 0 Å². The summed E-state index contributed by atoms with van der Waals surface area (Å²) < 4.78 is 5.29. The minimum Gasteiger partial charge on any atom is -0.385 e. The first-order valence-corrected chi connectivity index (χ1v) is 6.15. The fraction of sp³-hybridized carbons (Fsp3) is 0.571. The normalized spacial score (nSPS) is 10.8. The largest absolute Gasteiger partial charge is 0.385 e. The molecule has 0 heterocycles. The van der Waals surface area contributed by atoms with Crippen molar-refractivity contribution >= 4 is 5.69 Å². The van der Waals surface area contributed by atoms with Gasteiger partial charge in [-0.25, -0.2) is 0 Å². The van der Waals surface area contributed by atoms with Gasteiger partial charge in [-0.1, -0.05) is 26.0 Å². The second-order valence-corrected chi connectivity index (χ2v) is 4.26. The van der Waals surface area contributed by atoms with E-state index in [1.54, 1.807) is 0 Å². The monoisotopic (exact) mass is 221 g/mol. The topological polar surface area (TPSA) is 21.3 Å². The maximum absolute atomic E-state index is 5.29. The summed E-state index contributed by atoms with van der Waals surface area (Å²) in [5.74, 6) is 0.588. The minimum absolute atomic E-state index is 0.588. The van der Waals surface area contributed by atoms with E-state index in [2.05, 4.69) is 43.4 Å². The van der Waals surface area contributed by atoms with Crippen molar-refractivity contribution in [3.05, 3.63) is 29.8 Å². The number of nitrogens with one attached hydrogen (secondary N) is 1. The molecule has 0 saturated heterocycles. The van der Waals surface area contributed by atoms with Crippen LogP contribution in [-0.2, 0) is 4.74 Å². The lowest BCUT2D eigenvalue weighted by Gasteiger charge is -2.10. The molecule has 0 amide bonds. The molecule has 0 aliphatic heterocycles. The molecule has 0 saturated carbocycles. The highest BCUT2D eigenvalue weighted by molar-refractivity contribution is 5.46. The van der Waals surface area contributed by atoms with Gasteiger partial charge in [0.25, 0.3) is 0 Å². The van der Waals surface area contributed by atoms with E-state index in [-0.39, 0.29) is 0 Å². The number of rotatable bonds is 7. The highest BCUT2D eigenvalue weighted by Gasteiger charge is 1.99. The summed E-state index contributed by atoms with van der Waals surface area (Å²) in [4.78, 5) is 0. The SMILES string of the molecule is CCOCCCNc1cccc(C(C)C)c1. The smallest absolute Gasteiger partial charge is 0.0482 e. The first-order valence-electron chi connectivity index (χ1n) is 6.15. The lowest BCUT2D eigenvalue weighted by Crippen LogP contribution is -2.05. The molecule has 16 heavy (non-hydrogen) atoms. The molecule has 2 heteroatoms. The third-order valence-electron chi connectivity index (χ3n) is 2.55. The highest BCUT2D eigenvalue weighted by Crippen LogP contribution is 2.18. The van der Waals surface area contributed by atoms with Crippen molar-refractivity contribution in [1.82, 2.24) is 0 Å². The maximum atomic E-state index is 5.29. The van der Waals surface area contributed by atoms with E-state index in [0.717, 1.165) is 26.2 Å². The molecular formula is C14H23NO. The van der Waals surface area contributed by atoms with Crippen molar-refractivity contribution in [3.63, 3.8) is 0 Å². The number of hydrogen-bond donors (Lipinski definition) is 1. The zero-order valence-electron chi connectivity index (χ0n) is 10.6.